The monoisotopic (exact) mass is 270 g/mol. The molecular weight excluding hydrogens is 252 g/mol. The van der Waals surface area contributed by atoms with Crippen LogP contribution in [-0.2, 0) is 4.74 Å². The topological polar surface area (TPSA) is 53.3 Å². The molecule has 1 saturated heterocycles. The smallest absolute Gasteiger partial charge is 0.253 e. The van der Waals surface area contributed by atoms with Gasteiger partial charge in [-0.2, -0.15) is 5.26 Å². The SMILES string of the molecule is N#Cc1cccc(C(=O)N2CC[C@H](OCC3CC3)C2)c1. The molecule has 0 spiro atoms. The summed E-state index contributed by atoms with van der Waals surface area (Å²) in [5.41, 5.74) is 1.11. The summed E-state index contributed by atoms with van der Waals surface area (Å²) in [6, 6.07) is 8.95. The highest BCUT2D eigenvalue weighted by Gasteiger charge is 2.29. The summed E-state index contributed by atoms with van der Waals surface area (Å²) in [6.07, 6.45) is 3.67. The van der Waals surface area contributed by atoms with Crippen LogP contribution in [0.15, 0.2) is 24.3 Å². The molecule has 2 aliphatic rings. The molecule has 0 N–H and O–H groups in total. The van der Waals surface area contributed by atoms with Crippen molar-refractivity contribution in [3.63, 3.8) is 0 Å². The second-order valence-corrected chi connectivity index (χ2v) is 5.63. The lowest BCUT2D eigenvalue weighted by molar-refractivity contribution is 0.0480. The first-order chi connectivity index (χ1) is 9.76. The fourth-order valence-electron chi connectivity index (χ4n) is 2.51. The van der Waals surface area contributed by atoms with Gasteiger partial charge in [0.2, 0.25) is 0 Å². The number of hydrogen-bond donors (Lipinski definition) is 0. The van der Waals surface area contributed by atoms with Crippen molar-refractivity contribution in [3.05, 3.63) is 35.4 Å². The van der Waals surface area contributed by atoms with Gasteiger partial charge in [0.05, 0.1) is 17.7 Å². The molecular formula is C16H18N2O2. The first-order valence-corrected chi connectivity index (χ1v) is 7.17. The lowest BCUT2D eigenvalue weighted by Gasteiger charge is -2.17. The Morgan fingerprint density at radius 2 is 2.25 bits per heavy atom. The van der Waals surface area contributed by atoms with E-state index in [0.717, 1.165) is 25.5 Å². The summed E-state index contributed by atoms with van der Waals surface area (Å²) in [5.74, 6) is 0.756. The van der Waals surface area contributed by atoms with Crippen molar-refractivity contribution in [2.75, 3.05) is 19.7 Å². The summed E-state index contributed by atoms with van der Waals surface area (Å²) in [6.45, 7) is 2.25. The van der Waals surface area contributed by atoms with Crippen molar-refractivity contribution in [2.45, 2.75) is 25.4 Å². The molecule has 1 aromatic rings. The van der Waals surface area contributed by atoms with Gasteiger partial charge in [-0.3, -0.25) is 4.79 Å². The first-order valence-electron chi connectivity index (χ1n) is 7.17. The maximum atomic E-state index is 12.4. The Kier molecular flexibility index (Phi) is 3.70. The van der Waals surface area contributed by atoms with Gasteiger partial charge in [0.15, 0.2) is 0 Å². The molecule has 0 radical (unpaired) electrons. The molecule has 0 bridgehead atoms. The number of nitriles is 1. The van der Waals surface area contributed by atoms with Crippen LogP contribution >= 0.6 is 0 Å². The standard InChI is InChI=1S/C16H18N2O2/c17-9-13-2-1-3-14(8-13)16(19)18-7-6-15(10-18)20-11-12-4-5-12/h1-3,8,12,15H,4-7,10-11H2/t15-/m0/s1. The molecule has 1 heterocycles. The summed E-state index contributed by atoms with van der Waals surface area (Å²) in [7, 11) is 0. The highest BCUT2D eigenvalue weighted by Crippen LogP contribution is 2.30. The second-order valence-electron chi connectivity index (χ2n) is 5.63. The van der Waals surface area contributed by atoms with Crippen LogP contribution in [0.2, 0.25) is 0 Å². The van der Waals surface area contributed by atoms with E-state index in [9.17, 15) is 4.79 Å². The highest BCUT2D eigenvalue weighted by molar-refractivity contribution is 5.94. The maximum Gasteiger partial charge on any atom is 0.253 e. The number of benzene rings is 1. The first kappa shape index (κ1) is 13.1. The van der Waals surface area contributed by atoms with Gasteiger partial charge in [-0.15, -0.1) is 0 Å². The molecule has 1 aliphatic carbocycles. The minimum atomic E-state index is -0.000350. The van der Waals surface area contributed by atoms with Crippen LogP contribution in [0.25, 0.3) is 0 Å². The predicted molar refractivity (Wildman–Crippen MR) is 74.1 cm³/mol. The van der Waals surface area contributed by atoms with Crippen molar-refractivity contribution < 1.29 is 9.53 Å². The van der Waals surface area contributed by atoms with Crippen LogP contribution in [0.4, 0.5) is 0 Å². The molecule has 4 nitrogen and oxygen atoms in total. The van der Waals surface area contributed by atoms with Gasteiger partial charge < -0.3 is 9.64 Å². The van der Waals surface area contributed by atoms with E-state index < -0.39 is 0 Å². The summed E-state index contributed by atoms with van der Waals surface area (Å²) in [5, 5.41) is 8.88. The quantitative estimate of drug-likeness (QED) is 0.842. The van der Waals surface area contributed by atoms with E-state index in [2.05, 4.69) is 6.07 Å². The molecule has 20 heavy (non-hydrogen) atoms. The molecule has 0 unspecified atom stereocenters. The lowest BCUT2D eigenvalue weighted by Crippen LogP contribution is -2.30. The van der Waals surface area contributed by atoms with Crippen molar-refractivity contribution in [3.8, 4) is 6.07 Å². The Morgan fingerprint density at radius 3 is 3.00 bits per heavy atom. The Hall–Kier alpha value is -1.86. The van der Waals surface area contributed by atoms with Gasteiger partial charge in [0.1, 0.15) is 0 Å². The van der Waals surface area contributed by atoms with Crippen molar-refractivity contribution in [1.29, 1.82) is 5.26 Å². The molecule has 1 saturated carbocycles. The van der Waals surface area contributed by atoms with E-state index in [1.807, 2.05) is 4.90 Å². The third-order valence-electron chi connectivity index (χ3n) is 3.94. The van der Waals surface area contributed by atoms with E-state index in [-0.39, 0.29) is 12.0 Å². The maximum absolute atomic E-state index is 12.4. The summed E-state index contributed by atoms with van der Waals surface area (Å²) < 4.78 is 5.84. The number of carbonyl (C=O) groups excluding carboxylic acids is 1. The Balaban J connectivity index is 1.58. The average molecular weight is 270 g/mol. The Labute approximate surface area is 118 Å². The van der Waals surface area contributed by atoms with Crippen LogP contribution in [0.5, 0.6) is 0 Å². The van der Waals surface area contributed by atoms with Gasteiger partial charge in [0, 0.05) is 25.3 Å². The van der Waals surface area contributed by atoms with Crippen LogP contribution in [-0.4, -0.2) is 36.6 Å². The molecule has 1 amide bonds. The van der Waals surface area contributed by atoms with Crippen LogP contribution in [0.1, 0.15) is 35.2 Å². The van der Waals surface area contributed by atoms with Gasteiger partial charge >= 0.3 is 0 Å². The number of likely N-dealkylation sites (tertiary alicyclic amines) is 1. The summed E-state index contributed by atoms with van der Waals surface area (Å²) in [4.78, 5) is 14.2. The van der Waals surface area contributed by atoms with Crippen LogP contribution in [0, 0.1) is 17.2 Å². The van der Waals surface area contributed by atoms with E-state index in [0.29, 0.717) is 17.7 Å². The molecule has 104 valence electrons. The fourth-order valence-corrected chi connectivity index (χ4v) is 2.51. The van der Waals surface area contributed by atoms with Crippen LogP contribution < -0.4 is 0 Å². The largest absolute Gasteiger partial charge is 0.376 e. The Bertz CT molecular complexity index is 546. The third kappa shape index (κ3) is 3.00. The molecule has 2 fully saturated rings. The zero-order valence-electron chi connectivity index (χ0n) is 11.4. The molecule has 1 aliphatic heterocycles. The van der Waals surface area contributed by atoms with Gasteiger partial charge in [0.25, 0.3) is 5.91 Å². The van der Waals surface area contributed by atoms with Gasteiger partial charge in [-0.1, -0.05) is 6.07 Å². The molecule has 3 rings (SSSR count). The number of ether oxygens (including phenoxy) is 1. The van der Waals surface area contributed by atoms with Crippen molar-refractivity contribution in [2.24, 2.45) is 5.92 Å². The molecule has 4 heteroatoms. The number of amides is 1. The number of carbonyl (C=O) groups is 1. The molecule has 1 atom stereocenters. The summed E-state index contributed by atoms with van der Waals surface area (Å²) >= 11 is 0. The number of hydrogen-bond acceptors (Lipinski definition) is 3. The van der Waals surface area contributed by atoms with Gasteiger partial charge in [-0.25, -0.2) is 0 Å². The van der Waals surface area contributed by atoms with Crippen molar-refractivity contribution >= 4 is 5.91 Å². The second kappa shape index (κ2) is 5.64. The minimum absolute atomic E-state index is 0.000350. The van der Waals surface area contributed by atoms with E-state index in [4.69, 9.17) is 10.00 Å². The average Bonchev–Trinajstić information content (AvgIpc) is 3.21. The van der Waals surface area contributed by atoms with Crippen molar-refractivity contribution in [1.82, 2.24) is 4.90 Å². The van der Waals surface area contributed by atoms with E-state index in [1.165, 1.54) is 12.8 Å². The number of rotatable bonds is 4. The van der Waals surface area contributed by atoms with Gasteiger partial charge in [-0.05, 0) is 43.4 Å². The molecule has 1 aromatic carbocycles. The fraction of sp³-hybridized carbons (Fsp3) is 0.500. The Morgan fingerprint density at radius 1 is 1.40 bits per heavy atom. The van der Waals surface area contributed by atoms with E-state index in [1.54, 1.807) is 24.3 Å². The normalized spacial score (nSPS) is 21.8. The zero-order valence-corrected chi connectivity index (χ0v) is 11.4. The number of nitrogens with zero attached hydrogens (tertiary/aromatic N) is 2. The predicted octanol–water partition coefficient (Wildman–Crippen LogP) is 2.20. The zero-order chi connectivity index (χ0) is 13.9. The highest BCUT2D eigenvalue weighted by atomic mass is 16.5. The third-order valence-corrected chi connectivity index (χ3v) is 3.94. The van der Waals surface area contributed by atoms with E-state index >= 15 is 0 Å². The minimum Gasteiger partial charge on any atom is -0.376 e. The lowest BCUT2D eigenvalue weighted by atomic mass is 10.1. The molecule has 0 aromatic heterocycles. The van der Waals surface area contributed by atoms with Crippen LogP contribution in [0.3, 0.4) is 0 Å².